The molecule has 3 rings (SSSR count). The Labute approximate surface area is 138 Å². The lowest BCUT2D eigenvalue weighted by Gasteiger charge is -2.31. The Morgan fingerprint density at radius 2 is 2.00 bits per heavy atom. The number of halogens is 1. The fourth-order valence-electron chi connectivity index (χ4n) is 2.72. The number of aromatic nitrogens is 2. The molecule has 0 saturated carbocycles. The van der Waals surface area contributed by atoms with Gasteiger partial charge in [0.25, 0.3) is 5.91 Å². The molecule has 1 fully saturated rings. The molecule has 124 valence electrons. The summed E-state index contributed by atoms with van der Waals surface area (Å²) < 4.78 is 12.9. The third kappa shape index (κ3) is 3.73. The van der Waals surface area contributed by atoms with E-state index in [9.17, 15) is 14.0 Å². The molecule has 1 atom stereocenters. The Morgan fingerprint density at radius 3 is 2.71 bits per heavy atom. The minimum atomic E-state index is -0.355. The second-order valence-electron chi connectivity index (χ2n) is 5.68. The van der Waals surface area contributed by atoms with E-state index in [2.05, 4.69) is 15.3 Å². The fraction of sp³-hybridized carbons (Fsp3) is 0.294. The molecule has 0 radical (unpaired) electrons. The molecule has 1 N–H and O–H groups in total. The number of rotatable bonds is 3. The van der Waals surface area contributed by atoms with Gasteiger partial charge in [-0.05, 0) is 37.1 Å². The summed E-state index contributed by atoms with van der Waals surface area (Å²) in [4.78, 5) is 34.3. The first-order valence-electron chi connectivity index (χ1n) is 7.75. The molecule has 1 unspecified atom stereocenters. The van der Waals surface area contributed by atoms with Crippen molar-refractivity contribution in [2.45, 2.75) is 12.8 Å². The van der Waals surface area contributed by atoms with Crippen LogP contribution in [0.5, 0.6) is 0 Å². The van der Waals surface area contributed by atoms with Crippen molar-refractivity contribution in [3.05, 3.63) is 54.4 Å². The molecule has 0 aliphatic carbocycles. The first-order valence-corrected chi connectivity index (χ1v) is 7.75. The smallest absolute Gasteiger partial charge is 0.274 e. The highest BCUT2D eigenvalue weighted by molar-refractivity contribution is 5.95. The van der Waals surface area contributed by atoms with Crippen molar-refractivity contribution >= 4 is 17.5 Å². The number of amides is 2. The molecule has 0 spiro atoms. The van der Waals surface area contributed by atoms with Crippen LogP contribution in [0.3, 0.4) is 0 Å². The first-order chi connectivity index (χ1) is 11.6. The molecule has 6 nitrogen and oxygen atoms in total. The highest BCUT2D eigenvalue weighted by atomic mass is 19.1. The van der Waals surface area contributed by atoms with Crippen molar-refractivity contribution in [1.29, 1.82) is 0 Å². The standard InChI is InChI=1S/C17H17FN4O2/c18-13-3-5-14(6-4-13)21-16(23)12-2-1-9-22(11-12)17(24)15-10-19-7-8-20-15/h3-8,10,12H,1-2,9,11H2,(H,21,23). The van der Waals surface area contributed by atoms with Crippen LogP contribution in [-0.2, 0) is 4.79 Å². The number of anilines is 1. The number of carbonyl (C=O) groups is 2. The molecule has 1 aromatic carbocycles. The molecule has 2 amide bonds. The summed E-state index contributed by atoms with van der Waals surface area (Å²) >= 11 is 0. The van der Waals surface area contributed by atoms with E-state index in [4.69, 9.17) is 0 Å². The number of nitrogens with one attached hydrogen (secondary N) is 1. The van der Waals surface area contributed by atoms with Crippen molar-refractivity contribution in [3.8, 4) is 0 Å². The molecule has 0 bridgehead atoms. The highest BCUT2D eigenvalue weighted by Crippen LogP contribution is 2.20. The Balaban J connectivity index is 1.63. The van der Waals surface area contributed by atoms with Crippen LogP contribution in [0.25, 0.3) is 0 Å². The Morgan fingerprint density at radius 1 is 1.21 bits per heavy atom. The Kier molecular flexibility index (Phi) is 4.79. The summed E-state index contributed by atoms with van der Waals surface area (Å²) in [6, 6.07) is 5.61. The first kappa shape index (κ1) is 16.0. The lowest BCUT2D eigenvalue weighted by atomic mass is 9.96. The molecule has 24 heavy (non-hydrogen) atoms. The zero-order valence-corrected chi connectivity index (χ0v) is 13.0. The van der Waals surface area contributed by atoms with Gasteiger partial charge < -0.3 is 10.2 Å². The van der Waals surface area contributed by atoms with Crippen molar-refractivity contribution in [2.75, 3.05) is 18.4 Å². The van der Waals surface area contributed by atoms with Crippen molar-refractivity contribution in [3.63, 3.8) is 0 Å². The zero-order valence-electron chi connectivity index (χ0n) is 13.0. The van der Waals surface area contributed by atoms with Crippen LogP contribution in [0, 0.1) is 11.7 Å². The molecular formula is C17H17FN4O2. The molecule has 1 aliphatic rings. The lowest BCUT2D eigenvalue weighted by molar-refractivity contribution is -0.121. The number of carbonyl (C=O) groups excluding carboxylic acids is 2. The van der Waals surface area contributed by atoms with E-state index in [1.54, 1.807) is 4.90 Å². The quantitative estimate of drug-likeness (QED) is 0.936. The summed E-state index contributed by atoms with van der Waals surface area (Å²) in [6.45, 7) is 0.929. The van der Waals surface area contributed by atoms with Gasteiger partial charge in [-0.15, -0.1) is 0 Å². The topological polar surface area (TPSA) is 75.2 Å². The van der Waals surface area contributed by atoms with Gasteiger partial charge >= 0.3 is 0 Å². The van der Waals surface area contributed by atoms with Crippen LogP contribution < -0.4 is 5.32 Å². The number of hydrogen-bond acceptors (Lipinski definition) is 4. The van der Waals surface area contributed by atoms with Gasteiger partial charge in [0.05, 0.1) is 12.1 Å². The predicted octanol–water partition coefficient (Wildman–Crippen LogP) is 2.11. The normalized spacial score (nSPS) is 17.4. The minimum absolute atomic E-state index is 0.168. The molecule has 7 heteroatoms. The van der Waals surface area contributed by atoms with E-state index in [1.807, 2.05) is 0 Å². The maximum atomic E-state index is 12.9. The van der Waals surface area contributed by atoms with Crippen molar-refractivity contribution in [2.24, 2.45) is 5.92 Å². The van der Waals surface area contributed by atoms with E-state index in [0.29, 0.717) is 25.2 Å². The van der Waals surface area contributed by atoms with E-state index >= 15 is 0 Å². The monoisotopic (exact) mass is 328 g/mol. The average Bonchev–Trinajstić information content (AvgIpc) is 2.64. The second-order valence-corrected chi connectivity index (χ2v) is 5.68. The molecule has 1 aliphatic heterocycles. The second kappa shape index (κ2) is 7.16. The minimum Gasteiger partial charge on any atom is -0.336 e. The van der Waals surface area contributed by atoms with E-state index in [0.717, 1.165) is 6.42 Å². The van der Waals surface area contributed by atoms with Crippen molar-refractivity contribution in [1.82, 2.24) is 14.9 Å². The molecule has 2 aromatic rings. The average molecular weight is 328 g/mol. The Hall–Kier alpha value is -2.83. The van der Waals surface area contributed by atoms with Crippen LogP contribution in [0.1, 0.15) is 23.3 Å². The van der Waals surface area contributed by atoms with Gasteiger partial charge in [0, 0.05) is 31.2 Å². The van der Waals surface area contributed by atoms with Gasteiger partial charge in [-0.1, -0.05) is 0 Å². The maximum Gasteiger partial charge on any atom is 0.274 e. The summed E-state index contributed by atoms with van der Waals surface area (Å²) in [5.74, 6) is -1.04. The van der Waals surface area contributed by atoms with Gasteiger partial charge in [0.1, 0.15) is 11.5 Å². The van der Waals surface area contributed by atoms with Crippen molar-refractivity contribution < 1.29 is 14.0 Å². The van der Waals surface area contributed by atoms with E-state index in [1.165, 1.54) is 42.9 Å². The van der Waals surface area contributed by atoms with Gasteiger partial charge in [0.15, 0.2) is 0 Å². The largest absolute Gasteiger partial charge is 0.336 e. The summed E-state index contributed by atoms with van der Waals surface area (Å²) in [5.41, 5.74) is 0.816. The molecule has 1 aromatic heterocycles. The number of hydrogen-bond donors (Lipinski definition) is 1. The van der Waals surface area contributed by atoms with E-state index < -0.39 is 0 Å². The third-order valence-electron chi connectivity index (χ3n) is 3.97. The summed E-state index contributed by atoms with van der Waals surface area (Å²) in [7, 11) is 0. The van der Waals surface area contributed by atoms with Gasteiger partial charge in [0.2, 0.25) is 5.91 Å². The number of benzene rings is 1. The molecular weight excluding hydrogens is 311 g/mol. The van der Waals surface area contributed by atoms with Crippen LogP contribution in [0.15, 0.2) is 42.9 Å². The maximum absolute atomic E-state index is 12.9. The van der Waals surface area contributed by atoms with Crippen LogP contribution in [0.2, 0.25) is 0 Å². The van der Waals surface area contributed by atoms with E-state index in [-0.39, 0.29) is 29.2 Å². The zero-order chi connectivity index (χ0) is 16.9. The van der Waals surface area contributed by atoms with Gasteiger partial charge in [-0.3, -0.25) is 14.6 Å². The number of piperidine rings is 1. The number of likely N-dealkylation sites (tertiary alicyclic amines) is 1. The van der Waals surface area contributed by atoms with Gasteiger partial charge in [-0.25, -0.2) is 9.37 Å². The van der Waals surface area contributed by atoms with Gasteiger partial charge in [-0.2, -0.15) is 0 Å². The molecule has 2 heterocycles. The van der Waals surface area contributed by atoms with Crippen LogP contribution in [-0.4, -0.2) is 39.8 Å². The number of nitrogens with zero attached hydrogens (tertiary/aromatic N) is 3. The van der Waals surface area contributed by atoms with Crippen LogP contribution >= 0.6 is 0 Å². The SMILES string of the molecule is O=C(Nc1ccc(F)cc1)C1CCCN(C(=O)c2cnccn2)C1. The predicted molar refractivity (Wildman–Crippen MR) is 85.7 cm³/mol. The summed E-state index contributed by atoms with van der Waals surface area (Å²) in [6.07, 6.45) is 5.84. The molecule has 1 saturated heterocycles. The fourth-order valence-corrected chi connectivity index (χ4v) is 2.72. The summed E-state index contributed by atoms with van der Waals surface area (Å²) in [5, 5.41) is 2.77. The Bertz CT molecular complexity index is 721. The third-order valence-corrected chi connectivity index (χ3v) is 3.97. The highest BCUT2D eigenvalue weighted by Gasteiger charge is 2.29. The lowest BCUT2D eigenvalue weighted by Crippen LogP contribution is -2.44. The van der Waals surface area contributed by atoms with Crippen LogP contribution in [0.4, 0.5) is 10.1 Å².